The van der Waals surface area contributed by atoms with E-state index in [4.69, 9.17) is 4.42 Å². The molecule has 0 aliphatic carbocycles. The van der Waals surface area contributed by atoms with Crippen LogP contribution in [0.25, 0.3) is 22.9 Å². The van der Waals surface area contributed by atoms with Crippen LogP contribution in [0.5, 0.6) is 0 Å². The van der Waals surface area contributed by atoms with Crippen LogP contribution in [0.3, 0.4) is 0 Å². The fraction of sp³-hybridized carbons (Fsp3) is 0.0870. The first-order valence-electron chi connectivity index (χ1n) is 9.20. The molecule has 0 fully saturated rings. The number of benzene rings is 3. The van der Waals surface area contributed by atoms with Crippen molar-refractivity contribution < 1.29 is 18.0 Å². The topological polar surface area (TPSA) is 59.2 Å². The van der Waals surface area contributed by atoms with Gasteiger partial charge in [-0.05, 0) is 42.5 Å². The Bertz CT molecular complexity index is 1170. The van der Waals surface area contributed by atoms with E-state index in [9.17, 15) is 13.6 Å². The average molecular weight is 405 g/mol. The lowest BCUT2D eigenvalue weighted by molar-refractivity contribution is 0.0784. The fourth-order valence-electron chi connectivity index (χ4n) is 2.99. The molecule has 3 aromatic carbocycles. The van der Waals surface area contributed by atoms with Crippen molar-refractivity contribution >= 4 is 5.91 Å². The summed E-state index contributed by atoms with van der Waals surface area (Å²) >= 11 is 0. The van der Waals surface area contributed by atoms with Crippen LogP contribution in [0.15, 0.2) is 77.2 Å². The van der Waals surface area contributed by atoms with Crippen LogP contribution in [-0.4, -0.2) is 28.1 Å². The Hall–Kier alpha value is -3.87. The van der Waals surface area contributed by atoms with Gasteiger partial charge < -0.3 is 9.32 Å². The first-order valence-corrected chi connectivity index (χ1v) is 9.20. The Kier molecular flexibility index (Phi) is 5.34. The number of amides is 1. The van der Waals surface area contributed by atoms with Gasteiger partial charge in [-0.1, -0.05) is 24.3 Å². The molecule has 0 bridgehead atoms. The Morgan fingerprint density at radius 3 is 2.17 bits per heavy atom. The molecule has 0 aliphatic rings. The number of rotatable bonds is 5. The predicted molar refractivity (Wildman–Crippen MR) is 107 cm³/mol. The molecule has 0 atom stereocenters. The molecule has 30 heavy (non-hydrogen) atoms. The van der Waals surface area contributed by atoms with E-state index >= 15 is 0 Å². The zero-order valence-electron chi connectivity index (χ0n) is 16.0. The third-order valence-electron chi connectivity index (χ3n) is 4.59. The summed E-state index contributed by atoms with van der Waals surface area (Å²) in [5.41, 5.74) is 2.15. The van der Waals surface area contributed by atoms with Crippen molar-refractivity contribution in [2.45, 2.75) is 6.54 Å². The maximum Gasteiger partial charge on any atom is 0.253 e. The molecular formula is C23H17F2N3O2. The van der Waals surface area contributed by atoms with Gasteiger partial charge in [0.1, 0.15) is 11.6 Å². The normalized spacial score (nSPS) is 10.8. The largest absolute Gasteiger partial charge is 0.416 e. The van der Waals surface area contributed by atoms with Crippen molar-refractivity contribution in [3.05, 3.63) is 95.6 Å². The van der Waals surface area contributed by atoms with Gasteiger partial charge >= 0.3 is 0 Å². The minimum atomic E-state index is -0.685. The number of hydrogen-bond acceptors (Lipinski definition) is 4. The van der Waals surface area contributed by atoms with Gasteiger partial charge in [0.15, 0.2) is 0 Å². The lowest BCUT2D eigenvalue weighted by atomic mass is 10.1. The lowest BCUT2D eigenvalue weighted by Crippen LogP contribution is -2.26. The van der Waals surface area contributed by atoms with Gasteiger partial charge in [-0.15, -0.1) is 10.2 Å². The number of carbonyl (C=O) groups is 1. The number of carbonyl (C=O) groups excluding carboxylic acids is 1. The number of nitrogens with zero attached hydrogens (tertiary/aromatic N) is 3. The summed E-state index contributed by atoms with van der Waals surface area (Å²) in [4.78, 5) is 14.0. The molecule has 150 valence electrons. The Labute approximate surface area is 171 Å². The minimum Gasteiger partial charge on any atom is -0.416 e. The van der Waals surface area contributed by atoms with Crippen molar-refractivity contribution in [2.24, 2.45) is 0 Å². The summed E-state index contributed by atoms with van der Waals surface area (Å²) in [7, 11) is 1.56. The highest BCUT2D eigenvalue weighted by Crippen LogP contribution is 2.24. The summed E-state index contributed by atoms with van der Waals surface area (Å²) in [5, 5.41) is 8.12. The fourth-order valence-corrected chi connectivity index (χ4v) is 2.99. The van der Waals surface area contributed by atoms with Crippen molar-refractivity contribution in [3.63, 3.8) is 0 Å². The van der Waals surface area contributed by atoms with Crippen LogP contribution < -0.4 is 0 Å². The van der Waals surface area contributed by atoms with Gasteiger partial charge in [0.2, 0.25) is 11.8 Å². The molecule has 0 unspecified atom stereocenters. The van der Waals surface area contributed by atoms with E-state index in [-0.39, 0.29) is 18.0 Å². The maximum absolute atomic E-state index is 13.8. The Balaban J connectivity index is 1.48. The molecule has 0 radical (unpaired) electrons. The van der Waals surface area contributed by atoms with Crippen LogP contribution in [0.4, 0.5) is 8.78 Å². The summed E-state index contributed by atoms with van der Waals surface area (Å²) < 4.78 is 32.6. The highest BCUT2D eigenvalue weighted by Gasteiger charge is 2.16. The Morgan fingerprint density at radius 1 is 0.900 bits per heavy atom. The number of aromatic nitrogens is 2. The molecule has 0 spiro atoms. The molecule has 5 nitrogen and oxygen atoms in total. The van der Waals surface area contributed by atoms with Gasteiger partial charge in [0, 0.05) is 41.9 Å². The van der Waals surface area contributed by atoms with Crippen LogP contribution in [0, 0.1) is 11.6 Å². The summed E-state index contributed by atoms with van der Waals surface area (Å²) in [6.45, 7) is 0.0246. The van der Waals surface area contributed by atoms with Gasteiger partial charge in [0.25, 0.3) is 5.91 Å². The molecule has 1 heterocycles. The molecule has 0 aliphatic heterocycles. The number of halogens is 2. The zero-order valence-corrected chi connectivity index (χ0v) is 16.0. The first kappa shape index (κ1) is 19.4. The van der Waals surface area contributed by atoms with Crippen molar-refractivity contribution in [1.82, 2.24) is 15.1 Å². The third-order valence-corrected chi connectivity index (χ3v) is 4.59. The van der Waals surface area contributed by atoms with Gasteiger partial charge in [-0.25, -0.2) is 8.78 Å². The second-order valence-electron chi connectivity index (χ2n) is 6.75. The van der Waals surface area contributed by atoms with Gasteiger partial charge in [0.05, 0.1) is 0 Å². The molecule has 4 aromatic rings. The minimum absolute atomic E-state index is 0.0246. The molecule has 1 amide bonds. The van der Waals surface area contributed by atoms with E-state index in [1.54, 1.807) is 31.3 Å². The summed E-state index contributed by atoms with van der Waals surface area (Å²) in [6.07, 6.45) is 0. The maximum atomic E-state index is 13.8. The number of hydrogen-bond donors (Lipinski definition) is 0. The first-order chi connectivity index (χ1) is 14.5. The molecule has 0 saturated carbocycles. The molecule has 1 aromatic heterocycles. The van der Waals surface area contributed by atoms with Gasteiger partial charge in [-0.3, -0.25) is 4.79 Å². The van der Waals surface area contributed by atoms with E-state index in [1.165, 1.54) is 17.0 Å². The van der Waals surface area contributed by atoms with E-state index in [0.29, 0.717) is 22.9 Å². The monoisotopic (exact) mass is 405 g/mol. The molecular weight excluding hydrogens is 388 g/mol. The zero-order chi connectivity index (χ0) is 21.1. The predicted octanol–water partition coefficient (Wildman–Crippen LogP) is 4.95. The molecule has 7 heteroatoms. The second kappa shape index (κ2) is 8.24. The smallest absolute Gasteiger partial charge is 0.253 e. The van der Waals surface area contributed by atoms with Crippen molar-refractivity contribution in [3.8, 4) is 22.9 Å². The van der Waals surface area contributed by atoms with Crippen LogP contribution >= 0.6 is 0 Å². The van der Waals surface area contributed by atoms with E-state index in [2.05, 4.69) is 10.2 Å². The quantitative estimate of drug-likeness (QED) is 0.471. The van der Waals surface area contributed by atoms with Gasteiger partial charge in [-0.2, -0.15) is 0 Å². The standard InChI is InChI=1S/C23H17F2N3O2/c1-28(14-18-11-12-19(24)13-20(18)25)23(29)17-9-7-16(8-10-17)22-27-26-21(30-22)15-5-3-2-4-6-15/h2-13H,14H2,1H3. The van der Waals surface area contributed by atoms with E-state index < -0.39 is 11.6 Å². The highest BCUT2D eigenvalue weighted by molar-refractivity contribution is 5.94. The second-order valence-corrected chi connectivity index (χ2v) is 6.75. The highest BCUT2D eigenvalue weighted by atomic mass is 19.1. The van der Waals surface area contributed by atoms with Crippen LogP contribution in [0.2, 0.25) is 0 Å². The molecule has 0 N–H and O–H groups in total. The molecule has 4 rings (SSSR count). The van der Waals surface area contributed by atoms with Crippen molar-refractivity contribution in [1.29, 1.82) is 0 Å². The SMILES string of the molecule is CN(Cc1ccc(F)cc1F)C(=O)c1ccc(-c2nnc(-c3ccccc3)o2)cc1. The molecule has 0 saturated heterocycles. The average Bonchev–Trinajstić information content (AvgIpc) is 3.26. The van der Waals surface area contributed by atoms with Crippen LogP contribution in [-0.2, 0) is 6.54 Å². The summed E-state index contributed by atoms with van der Waals surface area (Å²) in [5.74, 6) is -0.880. The Morgan fingerprint density at radius 2 is 1.53 bits per heavy atom. The van der Waals surface area contributed by atoms with E-state index in [1.807, 2.05) is 30.3 Å². The van der Waals surface area contributed by atoms with Crippen molar-refractivity contribution in [2.75, 3.05) is 7.05 Å². The lowest BCUT2D eigenvalue weighted by Gasteiger charge is -2.18. The summed E-state index contributed by atoms with van der Waals surface area (Å²) in [6, 6.07) is 19.4. The third kappa shape index (κ3) is 4.10. The van der Waals surface area contributed by atoms with E-state index in [0.717, 1.165) is 11.6 Å². The van der Waals surface area contributed by atoms with Crippen LogP contribution in [0.1, 0.15) is 15.9 Å².